The molecular weight excluding hydrogens is 260 g/mol. The Kier molecular flexibility index (Phi) is 4.63. The zero-order valence-electron chi connectivity index (χ0n) is 12.3. The molecular formula is C14H23ClN4. The Morgan fingerprint density at radius 1 is 1.16 bits per heavy atom. The Hall–Kier alpha value is -0.870. The molecule has 0 aromatic carbocycles. The molecule has 5 heteroatoms. The van der Waals surface area contributed by atoms with Crippen molar-refractivity contribution in [2.45, 2.75) is 32.1 Å². The third kappa shape index (κ3) is 3.80. The van der Waals surface area contributed by atoms with Crippen LogP contribution < -0.4 is 4.90 Å². The molecule has 0 aliphatic heterocycles. The molecule has 0 radical (unpaired) electrons. The average molecular weight is 283 g/mol. The van der Waals surface area contributed by atoms with Gasteiger partial charge in [0.1, 0.15) is 16.8 Å². The smallest absolute Gasteiger partial charge is 0.137 e. The SMILES string of the molecule is Cc1c(Cl)nc(C2CC2)nc1N(C)CCCN(C)C. The van der Waals surface area contributed by atoms with Crippen molar-refractivity contribution in [1.82, 2.24) is 14.9 Å². The predicted molar refractivity (Wildman–Crippen MR) is 80.2 cm³/mol. The van der Waals surface area contributed by atoms with E-state index in [1.807, 2.05) is 6.92 Å². The van der Waals surface area contributed by atoms with E-state index in [0.29, 0.717) is 11.1 Å². The van der Waals surface area contributed by atoms with Crippen molar-refractivity contribution in [3.8, 4) is 0 Å². The molecule has 0 unspecified atom stereocenters. The standard InChI is InChI=1S/C14H23ClN4/c1-10-12(15)16-13(11-6-7-11)17-14(10)19(4)9-5-8-18(2)3/h11H,5-9H2,1-4H3. The lowest BCUT2D eigenvalue weighted by Crippen LogP contribution is -2.25. The van der Waals surface area contributed by atoms with Crippen LogP contribution in [0.2, 0.25) is 5.15 Å². The van der Waals surface area contributed by atoms with Gasteiger partial charge in [-0.25, -0.2) is 9.97 Å². The van der Waals surface area contributed by atoms with E-state index in [9.17, 15) is 0 Å². The van der Waals surface area contributed by atoms with Gasteiger partial charge in [0.15, 0.2) is 0 Å². The number of anilines is 1. The van der Waals surface area contributed by atoms with Crippen LogP contribution in [0.15, 0.2) is 0 Å². The minimum atomic E-state index is 0.534. The zero-order chi connectivity index (χ0) is 14.0. The normalized spacial score (nSPS) is 15.1. The summed E-state index contributed by atoms with van der Waals surface area (Å²) in [4.78, 5) is 13.5. The van der Waals surface area contributed by atoms with E-state index in [2.05, 4.69) is 35.9 Å². The average Bonchev–Trinajstić information content (AvgIpc) is 3.15. The first-order valence-corrected chi connectivity index (χ1v) is 7.26. The second-order valence-corrected chi connectivity index (χ2v) is 6.03. The van der Waals surface area contributed by atoms with Crippen molar-refractivity contribution in [2.24, 2.45) is 0 Å². The van der Waals surface area contributed by atoms with E-state index in [1.165, 1.54) is 12.8 Å². The topological polar surface area (TPSA) is 32.3 Å². The number of hydrogen-bond acceptors (Lipinski definition) is 4. The molecule has 1 aromatic rings. The van der Waals surface area contributed by atoms with Gasteiger partial charge in [0.25, 0.3) is 0 Å². The van der Waals surface area contributed by atoms with Crippen LogP contribution in [0.3, 0.4) is 0 Å². The molecule has 1 fully saturated rings. The van der Waals surface area contributed by atoms with Crippen molar-refractivity contribution in [1.29, 1.82) is 0 Å². The summed E-state index contributed by atoms with van der Waals surface area (Å²) in [6.07, 6.45) is 3.51. The quantitative estimate of drug-likeness (QED) is 0.751. The highest BCUT2D eigenvalue weighted by Gasteiger charge is 2.28. The third-order valence-electron chi connectivity index (χ3n) is 3.48. The monoisotopic (exact) mass is 282 g/mol. The summed E-state index contributed by atoms with van der Waals surface area (Å²) in [6.45, 7) is 4.06. The Morgan fingerprint density at radius 2 is 1.84 bits per heavy atom. The molecule has 0 spiro atoms. The molecule has 4 nitrogen and oxygen atoms in total. The second kappa shape index (κ2) is 6.06. The van der Waals surface area contributed by atoms with Crippen molar-refractivity contribution in [2.75, 3.05) is 39.1 Å². The largest absolute Gasteiger partial charge is 0.359 e. The van der Waals surface area contributed by atoms with Crippen LogP contribution >= 0.6 is 11.6 Å². The molecule has 0 atom stereocenters. The molecule has 1 aliphatic carbocycles. The lowest BCUT2D eigenvalue weighted by atomic mass is 10.3. The Bertz CT molecular complexity index is 443. The lowest BCUT2D eigenvalue weighted by Gasteiger charge is -2.22. The van der Waals surface area contributed by atoms with Gasteiger partial charge in [-0.05, 0) is 46.8 Å². The molecule has 19 heavy (non-hydrogen) atoms. The summed E-state index contributed by atoms with van der Waals surface area (Å²) in [5.41, 5.74) is 0.985. The number of nitrogens with zero attached hydrogens (tertiary/aromatic N) is 4. The molecule has 0 N–H and O–H groups in total. The fourth-order valence-electron chi connectivity index (χ4n) is 2.12. The van der Waals surface area contributed by atoms with Gasteiger partial charge in [0.2, 0.25) is 0 Å². The van der Waals surface area contributed by atoms with Gasteiger partial charge in [-0.3, -0.25) is 0 Å². The summed E-state index contributed by atoms with van der Waals surface area (Å²) in [7, 11) is 6.27. The number of aromatic nitrogens is 2. The summed E-state index contributed by atoms with van der Waals surface area (Å²) in [5, 5.41) is 0.603. The molecule has 2 rings (SSSR count). The Labute approximate surface area is 120 Å². The first kappa shape index (κ1) is 14.5. The highest BCUT2D eigenvalue weighted by Crippen LogP contribution is 2.39. The van der Waals surface area contributed by atoms with E-state index >= 15 is 0 Å². The van der Waals surface area contributed by atoms with Crippen molar-refractivity contribution in [3.63, 3.8) is 0 Å². The highest BCUT2D eigenvalue weighted by molar-refractivity contribution is 6.30. The fourth-order valence-corrected chi connectivity index (χ4v) is 2.29. The van der Waals surface area contributed by atoms with Crippen molar-refractivity contribution in [3.05, 3.63) is 16.5 Å². The minimum Gasteiger partial charge on any atom is -0.359 e. The summed E-state index contributed by atoms with van der Waals surface area (Å²) < 4.78 is 0. The van der Waals surface area contributed by atoms with Crippen LogP contribution in [0.5, 0.6) is 0 Å². The maximum absolute atomic E-state index is 6.23. The molecule has 1 heterocycles. The molecule has 1 aliphatic rings. The van der Waals surface area contributed by atoms with Crippen molar-refractivity contribution < 1.29 is 0 Å². The summed E-state index contributed by atoms with van der Waals surface area (Å²) >= 11 is 6.23. The van der Waals surface area contributed by atoms with E-state index in [0.717, 1.165) is 36.7 Å². The van der Waals surface area contributed by atoms with E-state index in [-0.39, 0.29) is 0 Å². The number of halogens is 1. The second-order valence-electron chi connectivity index (χ2n) is 5.67. The molecule has 106 valence electrons. The van der Waals surface area contributed by atoms with Gasteiger partial charge in [-0.15, -0.1) is 0 Å². The van der Waals surface area contributed by atoms with Gasteiger partial charge in [-0.1, -0.05) is 11.6 Å². The van der Waals surface area contributed by atoms with Gasteiger partial charge < -0.3 is 9.80 Å². The number of hydrogen-bond donors (Lipinski definition) is 0. The molecule has 1 saturated carbocycles. The fraction of sp³-hybridized carbons (Fsp3) is 0.714. The Morgan fingerprint density at radius 3 is 2.42 bits per heavy atom. The zero-order valence-corrected chi connectivity index (χ0v) is 13.0. The molecule has 0 bridgehead atoms. The van der Waals surface area contributed by atoms with E-state index in [4.69, 9.17) is 16.6 Å². The van der Waals surface area contributed by atoms with Crippen LogP contribution in [0.1, 0.15) is 36.6 Å². The van der Waals surface area contributed by atoms with Gasteiger partial charge in [-0.2, -0.15) is 0 Å². The summed E-state index contributed by atoms with van der Waals surface area (Å²) in [5.74, 6) is 2.44. The minimum absolute atomic E-state index is 0.534. The van der Waals surface area contributed by atoms with Crippen LogP contribution in [-0.4, -0.2) is 49.1 Å². The maximum atomic E-state index is 6.23. The predicted octanol–water partition coefficient (Wildman–Crippen LogP) is 2.70. The Balaban J connectivity index is 2.08. The molecule has 1 aromatic heterocycles. The number of rotatable bonds is 6. The van der Waals surface area contributed by atoms with Gasteiger partial charge in [0.05, 0.1) is 0 Å². The molecule has 0 saturated heterocycles. The molecule has 0 amide bonds. The van der Waals surface area contributed by atoms with Crippen LogP contribution in [0, 0.1) is 6.92 Å². The van der Waals surface area contributed by atoms with Crippen molar-refractivity contribution >= 4 is 17.4 Å². The van der Waals surface area contributed by atoms with E-state index in [1.54, 1.807) is 0 Å². The first-order valence-electron chi connectivity index (χ1n) is 6.89. The summed E-state index contributed by atoms with van der Waals surface area (Å²) in [6, 6.07) is 0. The maximum Gasteiger partial charge on any atom is 0.137 e. The van der Waals surface area contributed by atoms with Crippen LogP contribution in [-0.2, 0) is 0 Å². The van der Waals surface area contributed by atoms with Crippen LogP contribution in [0.4, 0.5) is 5.82 Å². The highest BCUT2D eigenvalue weighted by atomic mass is 35.5. The van der Waals surface area contributed by atoms with Gasteiger partial charge in [0, 0.05) is 25.1 Å². The third-order valence-corrected chi connectivity index (χ3v) is 3.85. The van der Waals surface area contributed by atoms with E-state index < -0.39 is 0 Å². The lowest BCUT2D eigenvalue weighted by molar-refractivity contribution is 0.401. The van der Waals surface area contributed by atoms with Gasteiger partial charge >= 0.3 is 0 Å². The van der Waals surface area contributed by atoms with Crippen LogP contribution in [0.25, 0.3) is 0 Å². The first-order chi connectivity index (χ1) is 8.99.